The summed E-state index contributed by atoms with van der Waals surface area (Å²) in [7, 11) is 1.94. The topological polar surface area (TPSA) is 17.0 Å². The molecule has 1 heterocycles. The summed E-state index contributed by atoms with van der Waals surface area (Å²) in [6.07, 6.45) is 2.06. The Morgan fingerprint density at radius 3 is 2.81 bits per heavy atom. The van der Waals surface area contributed by atoms with Crippen LogP contribution in [0.2, 0.25) is 5.02 Å². The molecular formula is C17H16ClFN2. The van der Waals surface area contributed by atoms with Gasteiger partial charge < -0.3 is 9.88 Å². The van der Waals surface area contributed by atoms with Crippen molar-refractivity contribution >= 4 is 22.5 Å². The highest BCUT2D eigenvalue weighted by Crippen LogP contribution is 2.23. The third kappa shape index (κ3) is 2.80. The van der Waals surface area contributed by atoms with Gasteiger partial charge in [-0.3, -0.25) is 0 Å². The van der Waals surface area contributed by atoms with Crippen LogP contribution in [0.4, 0.5) is 4.39 Å². The fourth-order valence-electron chi connectivity index (χ4n) is 2.64. The molecule has 2 nitrogen and oxygen atoms in total. The van der Waals surface area contributed by atoms with E-state index in [9.17, 15) is 4.39 Å². The predicted octanol–water partition coefficient (Wildman–Crippen LogP) is 4.20. The number of nitrogens with zero attached hydrogens (tertiary/aromatic N) is 1. The second-order valence-electron chi connectivity index (χ2n) is 5.08. The van der Waals surface area contributed by atoms with Gasteiger partial charge in [0.15, 0.2) is 0 Å². The van der Waals surface area contributed by atoms with Gasteiger partial charge in [0.05, 0.1) is 10.5 Å². The first kappa shape index (κ1) is 14.1. The number of aromatic nitrogens is 1. The summed E-state index contributed by atoms with van der Waals surface area (Å²) in [4.78, 5) is 0. The summed E-state index contributed by atoms with van der Waals surface area (Å²) in [6, 6.07) is 13.2. The Bertz CT molecular complexity index is 780. The lowest BCUT2D eigenvalue weighted by Gasteiger charge is -2.10. The number of benzene rings is 2. The summed E-state index contributed by atoms with van der Waals surface area (Å²) in [5, 5.41) is 4.56. The molecule has 3 aromatic rings. The number of hydrogen-bond donors (Lipinski definition) is 1. The Kier molecular flexibility index (Phi) is 3.95. The second-order valence-corrected chi connectivity index (χ2v) is 5.48. The minimum absolute atomic E-state index is 0.166. The maximum atomic E-state index is 13.2. The van der Waals surface area contributed by atoms with Crippen molar-refractivity contribution in [3.05, 3.63) is 70.6 Å². The summed E-state index contributed by atoms with van der Waals surface area (Å²) in [5.74, 6) is -0.381. The van der Waals surface area contributed by atoms with Crippen LogP contribution in [-0.4, -0.2) is 11.6 Å². The molecule has 0 fully saturated rings. The van der Waals surface area contributed by atoms with Crippen LogP contribution in [0.15, 0.2) is 48.7 Å². The molecular weight excluding hydrogens is 287 g/mol. The Labute approximate surface area is 128 Å². The van der Waals surface area contributed by atoms with E-state index in [1.54, 1.807) is 12.1 Å². The molecule has 1 aromatic heterocycles. The summed E-state index contributed by atoms with van der Waals surface area (Å²) >= 11 is 5.86. The van der Waals surface area contributed by atoms with E-state index in [2.05, 4.69) is 40.3 Å². The zero-order chi connectivity index (χ0) is 14.8. The van der Waals surface area contributed by atoms with Crippen molar-refractivity contribution in [2.75, 3.05) is 7.05 Å². The first-order valence-electron chi connectivity index (χ1n) is 6.84. The van der Waals surface area contributed by atoms with Crippen LogP contribution in [0.25, 0.3) is 10.9 Å². The van der Waals surface area contributed by atoms with E-state index < -0.39 is 0 Å². The molecule has 0 atom stereocenters. The molecule has 0 unspecified atom stereocenters. The van der Waals surface area contributed by atoms with E-state index in [1.165, 1.54) is 22.5 Å². The lowest BCUT2D eigenvalue weighted by atomic mass is 10.1. The van der Waals surface area contributed by atoms with Gasteiger partial charge in [0.25, 0.3) is 0 Å². The monoisotopic (exact) mass is 302 g/mol. The van der Waals surface area contributed by atoms with Crippen molar-refractivity contribution in [1.29, 1.82) is 0 Å². The van der Waals surface area contributed by atoms with Crippen LogP contribution in [0.3, 0.4) is 0 Å². The molecule has 3 rings (SSSR count). The average molecular weight is 303 g/mol. The van der Waals surface area contributed by atoms with Gasteiger partial charge in [-0.15, -0.1) is 0 Å². The maximum absolute atomic E-state index is 13.2. The van der Waals surface area contributed by atoms with Gasteiger partial charge in [0, 0.05) is 19.3 Å². The number of fused-ring (bicyclic) bond motifs is 1. The summed E-state index contributed by atoms with van der Waals surface area (Å²) in [6.45, 7) is 1.48. The van der Waals surface area contributed by atoms with E-state index in [0.29, 0.717) is 6.54 Å². The SMILES string of the molecule is CNCc1cccc2ccn(Cc3ccc(F)c(Cl)c3)c12. The Morgan fingerprint density at radius 2 is 2.05 bits per heavy atom. The van der Waals surface area contributed by atoms with E-state index in [-0.39, 0.29) is 10.8 Å². The number of hydrogen-bond acceptors (Lipinski definition) is 1. The Balaban J connectivity index is 2.02. The molecule has 2 aromatic carbocycles. The molecule has 0 aliphatic rings. The lowest BCUT2D eigenvalue weighted by molar-refractivity contribution is 0.627. The highest BCUT2D eigenvalue weighted by Gasteiger charge is 2.08. The quantitative estimate of drug-likeness (QED) is 0.764. The number of halogens is 2. The second kappa shape index (κ2) is 5.88. The minimum atomic E-state index is -0.381. The average Bonchev–Trinajstić information content (AvgIpc) is 2.88. The van der Waals surface area contributed by atoms with Crippen LogP contribution < -0.4 is 5.32 Å². The zero-order valence-corrected chi connectivity index (χ0v) is 12.5. The van der Waals surface area contributed by atoms with Gasteiger partial charge in [-0.25, -0.2) is 4.39 Å². The normalized spacial score (nSPS) is 11.2. The van der Waals surface area contributed by atoms with Gasteiger partial charge >= 0.3 is 0 Å². The molecule has 0 spiro atoms. The van der Waals surface area contributed by atoms with Crippen LogP contribution >= 0.6 is 11.6 Å². The standard InChI is InChI=1S/C17H16ClFN2/c1-20-10-14-4-2-3-13-7-8-21(17(13)14)11-12-5-6-16(19)15(18)9-12/h2-9,20H,10-11H2,1H3. The minimum Gasteiger partial charge on any atom is -0.343 e. The van der Waals surface area contributed by atoms with E-state index in [4.69, 9.17) is 11.6 Å². The predicted molar refractivity (Wildman–Crippen MR) is 85.2 cm³/mol. The van der Waals surface area contributed by atoms with Crippen molar-refractivity contribution in [1.82, 2.24) is 9.88 Å². The fraction of sp³-hybridized carbons (Fsp3) is 0.176. The molecule has 0 saturated heterocycles. The molecule has 0 bridgehead atoms. The van der Waals surface area contributed by atoms with Gasteiger partial charge in [0.2, 0.25) is 0 Å². The van der Waals surface area contributed by atoms with Gasteiger partial charge in [-0.1, -0.05) is 35.9 Å². The van der Waals surface area contributed by atoms with Crippen molar-refractivity contribution in [2.45, 2.75) is 13.1 Å². The molecule has 0 saturated carbocycles. The van der Waals surface area contributed by atoms with Crippen LogP contribution in [0.5, 0.6) is 0 Å². The molecule has 1 N–H and O–H groups in total. The molecule has 0 aliphatic heterocycles. The summed E-state index contributed by atoms with van der Waals surface area (Å²) in [5.41, 5.74) is 3.43. The first-order valence-corrected chi connectivity index (χ1v) is 7.22. The molecule has 0 amide bonds. The third-order valence-corrected chi connectivity index (χ3v) is 3.87. The first-order chi connectivity index (χ1) is 10.2. The lowest BCUT2D eigenvalue weighted by Crippen LogP contribution is -2.08. The van der Waals surface area contributed by atoms with Crippen molar-refractivity contribution in [3.8, 4) is 0 Å². The van der Waals surface area contributed by atoms with E-state index >= 15 is 0 Å². The fourth-order valence-corrected chi connectivity index (χ4v) is 2.84. The van der Waals surface area contributed by atoms with Gasteiger partial charge in [0.1, 0.15) is 5.82 Å². The number of para-hydroxylation sites is 1. The maximum Gasteiger partial charge on any atom is 0.141 e. The Hall–Kier alpha value is -1.84. The molecule has 108 valence electrons. The highest BCUT2D eigenvalue weighted by molar-refractivity contribution is 6.30. The Morgan fingerprint density at radius 1 is 1.19 bits per heavy atom. The van der Waals surface area contributed by atoms with Gasteiger partial charge in [-0.2, -0.15) is 0 Å². The molecule has 0 aliphatic carbocycles. The van der Waals surface area contributed by atoms with E-state index in [0.717, 1.165) is 12.1 Å². The van der Waals surface area contributed by atoms with Crippen molar-refractivity contribution in [2.24, 2.45) is 0 Å². The number of nitrogens with one attached hydrogen (secondary N) is 1. The molecule has 0 radical (unpaired) electrons. The molecule has 4 heteroatoms. The van der Waals surface area contributed by atoms with Crippen LogP contribution in [0.1, 0.15) is 11.1 Å². The third-order valence-electron chi connectivity index (χ3n) is 3.58. The summed E-state index contributed by atoms with van der Waals surface area (Å²) < 4.78 is 15.4. The highest BCUT2D eigenvalue weighted by atomic mass is 35.5. The molecule has 21 heavy (non-hydrogen) atoms. The van der Waals surface area contributed by atoms with Crippen molar-refractivity contribution < 1.29 is 4.39 Å². The van der Waals surface area contributed by atoms with Gasteiger partial charge in [-0.05, 0) is 41.8 Å². The largest absolute Gasteiger partial charge is 0.343 e. The van der Waals surface area contributed by atoms with Crippen LogP contribution in [-0.2, 0) is 13.1 Å². The smallest absolute Gasteiger partial charge is 0.141 e. The van der Waals surface area contributed by atoms with Crippen LogP contribution in [0, 0.1) is 5.82 Å². The number of rotatable bonds is 4. The van der Waals surface area contributed by atoms with E-state index in [1.807, 2.05) is 7.05 Å². The zero-order valence-electron chi connectivity index (χ0n) is 11.7. The van der Waals surface area contributed by atoms with Crippen molar-refractivity contribution in [3.63, 3.8) is 0 Å².